The quantitative estimate of drug-likeness (QED) is 0.164. The van der Waals surface area contributed by atoms with E-state index in [4.69, 9.17) is 0 Å². The molecule has 0 fully saturated rings. The van der Waals surface area contributed by atoms with Gasteiger partial charge in [-0.25, -0.2) is 0 Å². The van der Waals surface area contributed by atoms with E-state index >= 15 is 0 Å². The molecule has 0 N–H and O–H groups in total. The first-order valence-corrected chi connectivity index (χ1v) is 25.5. The van der Waals surface area contributed by atoms with E-state index in [-0.39, 0.29) is 23.0 Å². The molecule has 0 saturated carbocycles. The number of hydrogen-bond donors (Lipinski definition) is 0. The van der Waals surface area contributed by atoms with Gasteiger partial charge in [-0.15, -0.1) is 0 Å². The zero-order valence-corrected chi connectivity index (χ0v) is 42.2. The van der Waals surface area contributed by atoms with Crippen LogP contribution in [0.5, 0.6) is 0 Å². The van der Waals surface area contributed by atoms with Crippen LogP contribution in [0.15, 0.2) is 182 Å². The highest BCUT2D eigenvalue weighted by Crippen LogP contribution is 2.53. The van der Waals surface area contributed by atoms with Crippen LogP contribution in [0.4, 0.5) is 34.1 Å². The third kappa shape index (κ3) is 5.99. The number of nitrogens with zero attached hydrogens (tertiary/aromatic N) is 4. The van der Waals surface area contributed by atoms with Gasteiger partial charge in [0.2, 0.25) is 0 Å². The molecule has 0 bridgehead atoms. The Morgan fingerprint density at radius 3 is 1.58 bits per heavy atom. The third-order valence-electron chi connectivity index (χ3n) is 16.1. The molecule has 14 rings (SSSR count). The molecule has 4 nitrogen and oxygen atoms in total. The minimum absolute atomic E-state index is 0.0134. The lowest BCUT2D eigenvalue weighted by molar-refractivity contribution is 0.590. The number of fused-ring (bicyclic) bond motifs is 12. The van der Waals surface area contributed by atoms with Crippen LogP contribution < -0.4 is 26.2 Å². The summed E-state index contributed by atoms with van der Waals surface area (Å²) in [5.74, 6) is 0. The molecule has 3 aliphatic rings. The monoisotopic (exact) mass is 916 g/mol. The smallest absolute Gasteiger partial charge is 0.252 e. The highest BCUT2D eigenvalue weighted by Gasteiger charge is 2.47. The van der Waals surface area contributed by atoms with Crippen LogP contribution in [0.2, 0.25) is 0 Å². The van der Waals surface area contributed by atoms with E-state index in [1.807, 2.05) is 0 Å². The fourth-order valence-electron chi connectivity index (χ4n) is 12.4. The van der Waals surface area contributed by atoms with Crippen molar-refractivity contribution in [3.05, 3.63) is 199 Å². The molecule has 11 aromatic rings. The van der Waals surface area contributed by atoms with Gasteiger partial charge in [0.15, 0.2) is 0 Å². The Bertz CT molecular complexity index is 3990. The van der Waals surface area contributed by atoms with Crippen LogP contribution >= 0.6 is 0 Å². The molecular formula is C66H57BN4. The fourth-order valence-corrected chi connectivity index (χ4v) is 12.4. The minimum Gasteiger partial charge on any atom is -0.311 e. The van der Waals surface area contributed by atoms with Crippen molar-refractivity contribution >= 4 is 101 Å². The summed E-state index contributed by atoms with van der Waals surface area (Å²) in [6.45, 7) is 21.0. The molecular weight excluding hydrogens is 860 g/mol. The lowest BCUT2D eigenvalue weighted by atomic mass is 9.33. The minimum atomic E-state index is -0.136. The Hall–Kier alpha value is -7.76. The zero-order chi connectivity index (χ0) is 48.5. The Kier molecular flexibility index (Phi) is 8.56. The Labute approximate surface area is 417 Å². The lowest BCUT2D eigenvalue weighted by Crippen LogP contribution is -2.62. The molecule has 0 saturated heterocycles. The van der Waals surface area contributed by atoms with E-state index in [9.17, 15) is 0 Å². The summed E-state index contributed by atoms with van der Waals surface area (Å²) in [4.78, 5) is 5.22. The SMILES string of the molecule is CC(C)(C)c1cc2c3c(c1)N1c4c(cccc4-n4c5ccccc5c5cccc1c54)B3c1ccc(-n3c4ccc(C(C)(C)C)cc4c4cc(C(C)(C)C)ccc43)cc1N2c1ccc(-c2ccccc2)cc1. The average Bonchev–Trinajstić information content (AvgIpc) is 3.89. The van der Waals surface area contributed by atoms with Crippen LogP contribution in [0.3, 0.4) is 0 Å². The van der Waals surface area contributed by atoms with Crippen molar-refractivity contribution in [2.24, 2.45) is 0 Å². The topological polar surface area (TPSA) is 16.3 Å². The van der Waals surface area contributed by atoms with Gasteiger partial charge in [0.25, 0.3) is 6.71 Å². The van der Waals surface area contributed by atoms with E-state index in [0.29, 0.717) is 0 Å². The molecule has 0 aliphatic carbocycles. The summed E-state index contributed by atoms with van der Waals surface area (Å²) < 4.78 is 5.07. The number of aromatic nitrogens is 2. The second-order valence-electron chi connectivity index (χ2n) is 23.5. The third-order valence-corrected chi connectivity index (χ3v) is 16.1. The van der Waals surface area contributed by atoms with Crippen LogP contribution in [0.25, 0.3) is 66.1 Å². The number of para-hydroxylation sites is 3. The first kappa shape index (κ1) is 42.2. The van der Waals surface area contributed by atoms with Crippen molar-refractivity contribution in [1.29, 1.82) is 0 Å². The molecule has 0 spiro atoms. The van der Waals surface area contributed by atoms with Crippen LogP contribution in [-0.4, -0.2) is 15.8 Å². The zero-order valence-electron chi connectivity index (χ0n) is 42.2. The summed E-state index contributed by atoms with van der Waals surface area (Å²) >= 11 is 0. The van der Waals surface area contributed by atoms with E-state index < -0.39 is 0 Å². The Morgan fingerprint density at radius 2 is 0.901 bits per heavy atom. The van der Waals surface area contributed by atoms with Gasteiger partial charge in [0, 0.05) is 50.0 Å². The van der Waals surface area contributed by atoms with Crippen molar-refractivity contribution in [3.8, 4) is 22.5 Å². The molecule has 71 heavy (non-hydrogen) atoms. The predicted molar refractivity (Wildman–Crippen MR) is 304 cm³/mol. The first-order valence-electron chi connectivity index (χ1n) is 25.5. The van der Waals surface area contributed by atoms with Gasteiger partial charge < -0.3 is 18.9 Å². The van der Waals surface area contributed by atoms with Crippen LogP contribution in [0, 0.1) is 0 Å². The summed E-state index contributed by atoms with van der Waals surface area (Å²) in [6.07, 6.45) is 0. The maximum Gasteiger partial charge on any atom is 0.252 e. The van der Waals surface area contributed by atoms with Gasteiger partial charge in [0.1, 0.15) is 0 Å². The van der Waals surface area contributed by atoms with Gasteiger partial charge in [-0.2, -0.15) is 0 Å². The van der Waals surface area contributed by atoms with Crippen molar-refractivity contribution in [1.82, 2.24) is 9.13 Å². The molecule has 2 aromatic heterocycles. The van der Waals surface area contributed by atoms with Crippen molar-refractivity contribution in [2.45, 2.75) is 78.6 Å². The van der Waals surface area contributed by atoms with Gasteiger partial charge in [-0.3, -0.25) is 0 Å². The Balaban J connectivity index is 1.08. The second kappa shape index (κ2) is 14.4. The summed E-state index contributed by atoms with van der Waals surface area (Å²) in [5, 5.41) is 5.16. The largest absolute Gasteiger partial charge is 0.311 e. The number of anilines is 6. The van der Waals surface area contributed by atoms with Gasteiger partial charge >= 0.3 is 0 Å². The maximum absolute atomic E-state index is 2.63. The van der Waals surface area contributed by atoms with E-state index in [2.05, 4.69) is 263 Å². The van der Waals surface area contributed by atoms with Gasteiger partial charge in [-0.05, 0) is 139 Å². The van der Waals surface area contributed by atoms with Crippen molar-refractivity contribution in [3.63, 3.8) is 0 Å². The molecule has 0 radical (unpaired) electrons. The maximum atomic E-state index is 2.63. The Morgan fingerprint density at radius 1 is 0.338 bits per heavy atom. The molecule has 9 aromatic carbocycles. The first-order chi connectivity index (χ1) is 34.1. The molecule has 0 atom stereocenters. The summed E-state index contributed by atoms with van der Waals surface area (Å²) in [6, 6.07) is 69.7. The number of rotatable bonds is 3. The van der Waals surface area contributed by atoms with Gasteiger partial charge in [0.05, 0.1) is 39.1 Å². The highest BCUT2D eigenvalue weighted by atomic mass is 15.2. The fraction of sp³-hybridized carbons (Fsp3) is 0.182. The molecule has 3 aliphatic heterocycles. The van der Waals surface area contributed by atoms with Crippen LogP contribution in [-0.2, 0) is 16.2 Å². The van der Waals surface area contributed by atoms with E-state index in [1.54, 1.807) is 0 Å². The predicted octanol–water partition coefficient (Wildman–Crippen LogP) is 15.8. The van der Waals surface area contributed by atoms with Crippen molar-refractivity contribution < 1.29 is 0 Å². The molecule has 5 heterocycles. The molecule has 5 heteroatoms. The van der Waals surface area contributed by atoms with Crippen molar-refractivity contribution in [2.75, 3.05) is 9.80 Å². The highest BCUT2D eigenvalue weighted by molar-refractivity contribution is 7.00. The number of benzene rings is 9. The average molecular weight is 917 g/mol. The van der Waals surface area contributed by atoms with E-state index in [1.165, 1.54) is 122 Å². The molecule has 0 amide bonds. The summed E-state index contributed by atoms with van der Waals surface area (Å²) in [7, 11) is 0. The molecule has 344 valence electrons. The summed E-state index contributed by atoms with van der Waals surface area (Å²) in [5.41, 5.74) is 24.9. The van der Waals surface area contributed by atoms with Gasteiger partial charge in [-0.1, -0.05) is 165 Å². The lowest BCUT2D eigenvalue weighted by Gasteiger charge is -2.47. The number of hydrogen-bond acceptors (Lipinski definition) is 2. The van der Waals surface area contributed by atoms with E-state index in [0.717, 1.165) is 11.4 Å². The normalized spacial score (nSPS) is 13.9. The molecule has 0 unspecified atom stereocenters. The standard InChI is InChI=1S/C66H57BN4/c1-64(2,3)42-27-33-54-49(35-42)50-36-43(65(4,5)6)28-34-55(50)69(54)46-31-32-51-58(39-46)68(45-29-25-41(26-30-45)40-17-11-10-12-18-40)59-37-44(66(7,8)9)38-60-61(59)67(51)52-21-16-24-57-63(52)71(60)56-23-15-20-48-47-19-13-14-22-53(47)70(57)62(48)56/h10-39H,1-9H3. The second-order valence-corrected chi connectivity index (χ2v) is 23.5. The van der Waals surface area contributed by atoms with Crippen LogP contribution in [0.1, 0.15) is 79.0 Å².